The van der Waals surface area contributed by atoms with Gasteiger partial charge in [0.05, 0.1) is 5.54 Å². The molecule has 1 rings (SSSR count). The van der Waals surface area contributed by atoms with Gasteiger partial charge >= 0.3 is 0 Å². The Kier molecular flexibility index (Phi) is 6.43. The lowest BCUT2D eigenvalue weighted by molar-refractivity contribution is -0.124. The summed E-state index contributed by atoms with van der Waals surface area (Å²) in [5, 5.41) is 3.42. The SMILES string of the molecule is CC(CC(C)(NC1CC1)C(N)=O)N(C)CCCN(C)C. The summed E-state index contributed by atoms with van der Waals surface area (Å²) < 4.78 is 0. The molecule has 0 spiro atoms. The van der Waals surface area contributed by atoms with Gasteiger partial charge in [-0.05, 0) is 73.8 Å². The van der Waals surface area contributed by atoms with E-state index >= 15 is 0 Å². The van der Waals surface area contributed by atoms with Crippen molar-refractivity contribution in [3.8, 4) is 0 Å². The number of nitrogens with two attached hydrogens (primary N) is 1. The molecule has 1 aliphatic rings. The third-order valence-electron chi connectivity index (χ3n) is 4.22. The molecule has 5 nitrogen and oxygen atoms in total. The molecule has 118 valence electrons. The van der Waals surface area contributed by atoms with Gasteiger partial charge < -0.3 is 20.9 Å². The number of nitrogens with one attached hydrogen (secondary N) is 1. The molecule has 0 bridgehead atoms. The third kappa shape index (κ3) is 5.77. The number of hydrogen-bond acceptors (Lipinski definition) is 4. The first-order valence-corrected chi connectivity index (χ1v) is 7.67. The van der Waals surface area contributed by atoms with E-state index in [-0.39, 0.29) is 5.91 Å². The van der Waals surface area contributed by atoms with E-state index in [9.17, 15) is 4.79 Å². The predicted octanol–water partition coefficient (Wildman–Crippen LogP) is 0.645. The second kappa shape index (κ2) is 7.38. The number of nitrogens with zero attached hydrogens (tertiary/aromatic N) is 2. The monoisotopic (exact) mass is 284 g/mol. The molecule has 1 fully saturated rings. The minimum Gasteiger partial charge on any atom is -0.368 e. The highest BCUT2D eigenvalue weighted by molar-refractivity contribution is 5.84. The standard InChI is InChI=1S/C15H32N4O/c1-12(19(5)10-6-9-18(3)4)11-15(2,14(16)20)17-13-7-8-13/h12-13,17H,6-11H2,1-5H3,(H2,16,20). The highest BCUT2D eigenvalue weighted by Gasteiger charge is 2.38. The summed E-state index contributed by atoms with van der Waals surface area (Å²) in [6, 6.07) is 0.819. The van der Waals surface area contributed by atoms with Crippen LogP contribution in [-0.4, -0.2) is 67.6 Å². The molecule has 1 saturated carbocycles. The minimum atomic E-state index is -0.587. The molecule has 1 aliphatic carbocycles. The van der Waals surface area contributed by atoms with Crippen molar-refractivity contribution in [1.29, 1.82) is 0 Å². The van der Waals surface area contributed by atoms with Crippen LogP contribution in [0.1, 0.15) is 39.5 Å². The summed E-state index contributed by atoms with van der Waals surface area (Å²) in [5.41, 5.74) is 5.02. The number of primary amides is 1. The van der Waals surface area contributed by atoms with Crippen molar-refractivity contribution >= 4 is 5.91 Å². The highest BCUT2D eigenvalue weighted by Crippen LogP contribution is 2.25. The van der Waals surface area contributed by atoms with Gasteiger partial charge in [0.15, 0.2) is 0 Å². The van der Waals surface area contributed by atoms with Crippen molar-refractivity contribution in [3.63, 3.8) is 0 Å². The Morgan fingerprint density at radius 3 is 2.40 bits per heavy atom. The largest absolute Gasteiger partial charge is 0.368 e. The topological polar surface area (TPSA) is 61.6 Å². The Morgan fingerprint density at radius 2 is 1.95 bits per heavy atom. The minimum absolute atomic E-state index is 0.238. The van der Waals surface area contributed by atoms with E-state index in [1.54, 1.807) is 0 Å². The van der Waals surface area contributed by atoms with Crippen LogP contribution in [0.25, 0.3) is 0 Å². The van der Waals surface area contributed by atoms with Crippen LogP contribution in [0.4, 0.5) is 0 Å². The van der Waals surface area contributed by atoms with Crippen LogP contribution in [0.2, 0.25) is 0 Å². The molecule has 0 aromatic rings. The fourth-order valence-corrected chi connectivity index (χ4v) is 2.51. The van der Waals surface area contributed by atoms with Crippen LogP contribution in [-0.2, 0) is 4.79 Å². The fourth-order valence-electron chi connectivity index (χ4n) is 2.51. The van der Waals surface area contributed by atoms with E-state index in [4.69, 9.17) is 5.73 Å². The third-order valence-corrected chi connectivity index (χ3v) is 4.22. The molecule has 5 heteroatoms. The maximum atomic E-state index is 11.8. The molecule has 0 aliphatic heterocycles. The molecule has 2 atom stereocenters. The van der Waals surface area contributed by atoms with Crippen LogP contribution >= 0.6 is 0 Å². The normalized spacial score (nSPS) is 20.1. The summed E-state index contributed by atoms with van der Waals surface area (Å²) in [6.45, 7) is 6.24. The van der Waals surface area contributed by atoms with Crippen LogP contribution in [0.5, 0.6) is 0 Å². The van der Waals surface area contributed by atoms with Gasteiger partial charge in [-0.15, -0.1) is 0 Å². The Labute approximate surface area is 123 Å². The Bertz CT molecular complexity index is 317. The zero-order valence-corrected chi connectivity index (χ0v) is 13.8. The Balaban J connectivity index is 2.43. The fraction of sp³-hybridized carbons (Fsp3) is 0.933. The molecule has 0 heterocycles. The van der Waals surface area contributed by atoms with Crippen molar-refractivity contribution in [3.05, 3.63) is 0 Å². The van der Waals surface area contributed by atoms with Gasteiger partial charge in [0.1, 0.15) is 0 Å². The van der Waals surface area contributed by atoms with Gasteiger partial charge in [0, 0.05) is 12.1 Å². The van der Waals surface area contributed by atoms with Gasteiger partial charge in [0.2, 0.25) is 5.91 Å². The molecule has 20 heavy (non-hydrogen) atoms. The Morgan fingerprint density at radius 1 is 1.35 bits per heavy atom. The van der Waals surface area contributed by atoms with Crippen molar-refractivity contribution in [2.24, 2.45) is 5.73 Å². The van der Waals surface area contributed by atoms with E-state index in [0.717, 1.165) is 38.8 Å². The molecule has 1 amide bonds. The first-order chi connectivity index (χ1) is 9.24. The van der Waals surface area contributed by atoms with Crippen LogP contribution in [0, 0.1) is 0 Å². The van der Waals surface area contributed by atoms with Gasteiger partial charge in [-0.1, -0.05) is 0 Å². The summed E-state index contributed by atoms with van der Waals surface area (Å²) in [4.78, 5) is 16.3. The lowest BCUT2D eigenvalue weighted by atomic mass is 9.92. The number of hydrogen-bond donors (Lipinski definition) is 2. The number of amides is 1. The van der Waals surface area contributed by atoms with Crippen molar-refractivity contribution < 1.29 is 4.79 Å². The first kappa shape index (κ1) is 17.4. The number of carbonyl (C=O) groups is 1. The lowest BCUT2D eigenvalue weighted by Crippen LogP contribution is -2.56. The molecule has 0 aromatic heterocycles. The average molecular weight is 284 g/mol. The molecular weight excluding hydrogens is 252 g/mol. The van der Waals surface area contributed by atoms with Crippen LogP contribution in [0.15, 0.2) is 0 Å². The number of rotatable bonds is 10. The number of carbonyl (C=O) groups excluding carboxylic acids is 1. The van der Waals surface area contributed by atoms with Gasteiger partial charge in [-0.25, -0.2) is 0 Å². The predicted molar refractivity (Wildman–Crippen MR) is 83.6 cm³/mol. The van der Waals surface area contributed by atoms with Gasteiger partial charge in [-0.2, -0.15) is 0 Å². The van der Waals surface area contributed by atoms with E-state index in [0.29, 0.717) is 12.1 Å². The maximum Gasteiger partial charge on any atom is 0.237 e. The van der Waals surface area contributed by atoms with E-state index in [1.165, 1.54) is 0 Å². The van der Waals surface area contributed by atoms with Crippen molar-refractivity contribution in [2.75, 3.05) is 34.2 Å². The van der Waals surface area contributed by atoms with E-state index in [2.05, 4.69) is 43.2 Å². The summed E-state index contributed by atoms with van der Waals surface area (Å²) in [7, 11) is 6.30. The van der Waals surface area contributed by atoms with Crippen molar-refractivity contribution in [2.45, 2.75) is 57.2 Å². The zero-order valence-electron chi connectivity index (χ0n) is 13.8. The van der Waals surface area contributed by atoms with Gasteiger partial charge in [0.25, 0.3) is 0 Å². The molecule has 0 aromatic carbocycles. The summed E-state index contributed by atoms with van der Waals surface area (Å²) >= 11 is 0. The quantitative estimate of drug-likeness (QED) is 0.618. The molecular formula is C15H32N4O. The molecule has 3 N–H and O–H groups in total. The molecule has 0 saturated heterocycles. The van der Waals surface area contributed by atoms with Gasteiger partial charge in [-0.3, -0.25) is 4.79 Å². The highest BCUT2D eigenvalue weighted by atomic mass is 16.1. The van der Waals surface area contributed by atoms with E-state index in [1.807, 2.05) is 6.92 Å². The van der Waals surface area contributed by atoms with Crippen LogP contribution in [0.3, 0.4) is 0 Å². The summed E-state index contributed by atoms with van der Waals surface area (Å²) in [5.74, 6) is -0.238. The van der Waals surface area contributed by atoms with Crippen molar-refractivity contribution in [1.82, 2.24) is 15.1 Å². The average Bonchev–Trinajstić information content (AvgIpc) is 3.11. The second-order valence-corrected chi connectivity index (χ2v) is 6.81. The summed E-state index contributed by atoms with van der Waals surface area (Å²) in [6.07, 6.45) is 4.22. The lowest BCUT2D eigenvalue weighted by Gasteiger charge is -2.34. The molecule has 2 unspecified atom stereocenters. The van der Waals surface area contributed by atoms with E-state index < -0.39 is 5.54 Å². The first-order valence-electron chi connectivity index (χ1n) is 7.67. The smallest absolute Gasteiger partial charge is 0.237 e. The zero-order chi connectivity index (χ0) is 15.3. The molecule has 0 radical (unpaired) electrons. The Hall–Kier alpha value is -0.650. The second-order valence-electron chi connectivity index (χ2n) is 6.81. The maximum absolute atomic E-state index is 11.8. The van der Waals surface area contributed by atoms with Crippen LogP contribution < -0.4 is 11.1 Å².